The smallest absolute Gasteiger partial charge is 0.736 e. The molecule has 4 aromatic rings. The summed E-state index contributed by atoms with van der Waals surface area (Å²) in [6.45, 7) is 3.66. The zero-order chi connectivity index (χ0) is 31.0. The summed E-state index contributed by atoms with van der Waals surface area (Å²) >= 11 is 0. The van der Waals surface area contributed by atoms with Crippen LogP contribution in [0.2, 0.25) is 0 Å². The van der Waals surface area contributed by atoms with Gasteiger partial charge in [0.15, 0.2) is 11.6 Å². The third-order valence-corrected chi connectivity index (χ3v) is 7.84. The number of carbonyl (C=O) groups excluding carboxylic acids is 2. The van der Waals surface area contributed by atoms with Gasteiger partial charge in [-0.3, -0.25) is 9.59 Å². The number of phosphoric acid groups is 1. The number of ether oxygens (including phenoxy) is 2. The van der Waals surface area contributed by atoms with Crippen molar-refractivity contribution in [3.05, 3.63) is 119 Å². The van der Waals surface area contributed by atoms with Crippen LogP contribution in [0.5, 0.6) is 23.0 Å². The zero-order valence-corrected chi connectivity index (χ0v) is 28.4. The summed E-state index contributed by atoms with van der Waals surface area (Å²) < 4.78 is 33.9. The van der Waals surface area contributed by atoms with Crippen molar-refractivity contribution in [3.8, 4) is 23.0 Å². The van der Waals surface area contributed by atoms with E-state index in [1.165, 1.54) is 50.6 Å². The summed E-state index contributed by atoms with van der Waals surface area (Å²) in [5.74, 6) is -0.770. The maximum absolute atomic E-state index is 13.1. The first-order chi connectivity index (χ1) is 20.6. The predicted octanol–water partition coefficient (Wildman–Crippen LogP) is 3.76. The van der Waals surface area contributed by atoms with Gasteiger partial charge in [0.1, 0.15) is 23.0 Å². The molecule has 0 spiro atoms. The average molecular weight is 625 g/mol. The topological polar surface area (TPSA) is 111 Å². The van der Waals surface area contributed by atoms with Gasteiger partial charge < -0.3 is 23.4 Å². The van der Waals surface area contributed by atoms with Gasteiger partial charge in [0.2, 0.25) is 0 Å². The first-order valence-corrected chi connectivity index (χ1v) is 15.3. The minimum absolute atomic E-state index is 0. The van der Waals surface area contributed by atoms with Crippen LogP contribution in [0.4, 0.5) is 0 Å². The van der Waals surface area contributed by atoms with E-state index in [9.17, 15) is 19.0 Å². The minimum Gasteiger partial charge on any atom is -0.736 e. The SMILES string of the molecule is COc1cc(OP(=O)([O-])Oc2ccc(C(=O)C(C)Cc3ccccc3)c(OC)c2)ccc1C(=O)C(C)Cc1ccccc1.[Na+]. The molecule has 44 heavy (non-hydrogen) atoms. The van der Waals surface area contributed by atoms with Crippen LogP contribution in [0.15, 0.2) is 97.1 Å². The van der Waals surface area contributed by atoms with Crippen LogP contribution in [-0.4, -0.2) is 25.8 Å². The number of rotatable bonds is 14. The molecule has 0 fully saturated rings. The number of ketones is 2. The molecule has 0 amide bonds. The average Bonchev–Trinajstić information content (AvgIpc) is 3.00. The van der Waals surface area contributed by atoms with Crippen molar-refractivity contribution in [2.75, 3.05) is 14.2 Å². The molecular formula is C34H34NaO8P. The monoisotopic (exact) mass is 624 g/mol. The molecule has 2 unspecified atom stereocenters. The fourth-order valence-electron chi connectivity index (χ4n) is 4.79. The van der Waals surface area contributed by atoms with E-state index in [1.54, 1.807) is 0 Å². The Morgan fingerprint density at radius 3 is 1.36 bits per heavy atom. The molecule has 0 bridgehead atoms. The molecule has 224 valence electrons. The van der Waals surface area contributed by atoms with E-state index >= 15 is 0 Å². The Labute approximate surface area is 280 Å². The van der Waals surface area contributed by atoms with Crippen molar-refractivity contribution in [2.24, 2.45) is 11.8 Å². The van der Waals surface area contributed by atoms with Crippen molar-refractivity contribution in [1.29, 1.82) is 0 Å². The van der Waals surface area contributed by atoms with Crippen LogP contribution in [0.3, 0.4) is 0 Å². The second-order valence-corrected chi connectivity index (χ2v) is 11.5. The molecule has 8 nitrogen and oxygen atoms in total. The molecule has 10 heteroatoms. The first kappa shape index (κ1) is 35.1. The largest absolute Gasteiger partial charge is 1.00 e. The van der Waals surface area contributed by atoms with E-state index in [1.807, 2.05) is 74.5 Å². The molecule has 0 aromatic heterocycles. The summed E-state index contributed by atoms with van der Waals surface area (Å²) in [4.78, 5) is 39.1. The molecule has 0 N–H and O–H groups in total. The van der Waals surface area contributed by atoms with Crippen molar-refractivity contribution < 1.29 is 67.1 Å². The van der Waals surface area contributed by atoms with Gasteiger partial charge in [-0.1, -0.05) is 74.5 Å². The Bertz CT molecular complexity index is 1490. The molecule has 0 saturated heterocycles. The Kier molecular flexibility index (Phi) is 12.8. The van der Waals surface area contributed by atoms with Gasteiger partial charge in [0.25, 0.3) is 0 Å². The molecular weight excluding hydrogens is 590 g/mol. The Hall–Kier alpha value is -3.39. The predicted molar refractivity (Wildman–Crippen MR) is 162 cm³/mol. The minimum atomic E-state index is -4.94. The van der Waals surface area contributed by atoms with E-state index in [4.69, 9.17) is 18.5 Å². The molecule has 0 aliphatic rings. The van der Waals surface area contributed by atoms with Gasteiger partial charge in [0.05, 0.1) is 25.3 Å². The molecule has 0 saturated carbocycles. The number of hydrogen-bond donors (Lipinski definition) is 0. The van der Waals surface area contributed by atoms with E-state index in [0.29, 0.717) is 24.0 Å². The van der Waals surface area contributed by atoms with Gasteiger partial charge in [-0.05, 0) is 48.2 Å². The molecule has 0 aliphatic heterocycles. The van der Waals surface area contributed by atoms with Crippen LogP contribution < -0.4 is 53.0 Å². The van der Waals surface area contributed by atoms with Crippen molar-refractivity contribution in [3.63, 3.8) is 0 Å². The number of Topliss-reactive ketones (excluding diaryl/α,β-unsaturated/α-hetero) is 2. The number of hydrogen-bond acceptors (Lipinski definition) is 8. The maximum atomic E-state index is 13.1. The van der Waals surface area contributed by atoms with Crippen LogP contribution in [0.25, 0.3) is 0 Å². The maximum Gasteiger partial charge on any atom is 1.00 e. The number of benzene rings is 4. The molecule has 4 aromatic carbocycles. The number of carbonyl (C=O) groups is 2. The summed E-state index contributed by atoms with van der Waals surface area (Å²) in [6.07, 6.45) is 1.09. The fraction of sp³-hybridized carbons (Fsp3) is 0.235. The van der Waals surface area contributed by atoms with E-state index < -0.39 is 7.82 Å². The molecule has 4 rings (SSSR count). The van der Waals surface area contributed by atoms with E-state index in [2.05, 4.69) is 0 Å². The molecule has 0 aliphatic carbocycles. The summed E-state index contributed by atoms with van der Waals surface area (Å²) in [7, 11) is -2.16. The number of methoxy groups -OCH3 is 2. The molecule has 0 heterocycles. The fourth-order valence-corrected chi connectivity index (χ4v) is 5.57. The third kappa shape index (κ3) is 9.31. The summed E-state index contributed by atoms with van der Waals surface area (Å²) in [5, 5.41) is 0. The van der Waals surface area contributed by atoms with Crippen LogP contribution in [-0.2, 0) is 17.4 Å². The molecule has 0 radical (unpaired) electrons. The number of phosphoric ester groups is 1. The van der Waals surface area contributed by atoms with Crippen molar-refractivity contribution >= 4 is 19.4 Å². The second-order valence-electron chi connectivity index (χ2n) is 10.3. The quantitative estimate of drug-likeness (QED) is 0.119. The van der Waals surface area contributed by atoms with Crippen LogP contribution in [0.1, 0.15) is 45.7 Å². The second kappa shape index (κ2) is 16.1. The first-order valence-electron chi connectivity index (χ1n) is 13.8. The Morgan fingerprint density at radius 2 is 1.02 bits per heavy atom. The van der Waals surface area contributed by atoms with Gasteiger partial charge in [-0.25, -0.2) is 4.57 Å². The zero-order valence-electron chi connectivity index (χ0n) is 25.5. The van der Waals surface area contributed by atoms with Crippen LogP contribution >= 0.6 is 7.82 Å². The van der Waals surface area contributed by atoms with E-state index in [-0.39, 0.29) is 76.0 Å². The normalized spacial score (nSPS) is 13.4. The van der Waals surface area contributed by atoms with Crippen molar-refractivity contribution in [1.82, 2.24) is 0 Å². The van der Waals surface area contributed by atoms with Gasteiger partial charge in [-0.15, -0.1) is 0 Å². The Morgan fingerprint density at radius 1 is 0.659 bits per heavy atom. The Balaban J connectivity index is 0.00000529. The van der Waals surface area contributed by atoms with Gasteiger partial charge in [0, 0.05) is 24.0 Å². The standard InChI is InChI=1S/C34H35O8P.Na/c1-23(19-25-11-7-5-8-12-25)33(35)29-17-15-27(21-31(29)39-3)41-43(37,38)42-28-16-18-30(32(22-28)40-4)34(36)24(2)20-26-13-9-6-10-14-26;/h5-18,21-24H,19-20H2,1-4H3,(H,37,38);/q;+1/p-1. The van der Waals surface area contributed by atoms with Gasteiger partial charge >= 0.3 is 37.4 Å². The molecule has 2 atom stereocenters. The summed E-state index contributed by atoms with van der Waals surface area (Å²) in [6, 6.07) is 27.7. The van der Waals surface area contributed by atoms with Crippen LogP contribution in [0, 0.1) is 11.8 Å². The van der Waals surface area contributed by atoms with E-state index in [0.717, 1.165) is 11.1 Å². The summed E-state index contributed by atoms with van der Waals surface area (Å²) in [5.41, 5.74) is 2.68. The van der Waals surface area contributed by atoms with Gasteiger partial charge in [-0.2, -0.15) is 0 Å². The van der Waals surface area contributed by atoms with Crippen molar-refractivity contribution in [2.45, 2.75) is 26.7 Å². The third-order valence-electron chi connectivity index (χ3n) is 6.98.